The number of anilines is 5. The van der Waals surface area contributed by atoms with E-state index in [2.05, 4.69) is 50.8 Å². The molecule has 0 aliphatic carbocycles. The first-order valence-corrected chi connectivity index (χ1v) is 10.7. The Morgan fingerprint density at radius 3 is 2.75 bits per heavy atom. The molecule has 1 atom stereocenters. The van der Waals surface area contributed by atoms with Crippen LogP contribution in [0.2, 0.25) is 0 Å². The van der Waals surface area contributed by atoms with E-state index in [0.717, 1.165) is 52.7 Å². The lowest BCUT2D eigenvalue weighted by Gasteiger charge is -2.38. The van der Waals surface area contributed by atoms with Crippen molar-refractivity contribution < 1.29 is 4.79 Å². The molecule has 2 aliphatic heterocycles. The fourth-order valence-electron chi connectivity index (χ4n) is 4.53. The van der Waals surface area contributed by atoms with E-state index in [4.69, 9.17) is 0 Å². The number of fused-ring (bicyclic) bond motifs is 2. The van der Waals surface area contributed by atoms with Crippen LogP contribution in [0, 0.1) is 11.3 Å². The average molecular weight is 428 g/mol. The van der Waals surface area contributed by atoms with Gasteiger partial charge < -0.3 is 20.4 Å². The first-order chi connectivity index (χ1) is 15.4. The molecule has 0 bridgehead atoms. The van der Waals surface area contributed by atoms with Crippen molar-refractivity contribution in [3.8, 4) is 17.2 Å². The van der Waals surface area contributed by atoms with Crippen molar-refractivity contribution in [3.05, 3.63) is 48.3 Å². The minimum atomic E-state index is 0.00700. The second kappa shape index (κ2) is 7.61. The number of aryl methyl sites for hydroxylation is 1. The monoisotopic (exact) mass is 427 g/mol. The Labute approximate surface area is 187 Å². The average Bonchev–Trinajstić information content (AvgIpc) is 3.13. The second-order valence-corrected chi connectivity index (χ2v) is 8.47. The van der Waals surface area contributed by atoms with Gasteiger partial charge in [-0.2, -0.15) is 10.4 Å². The van der Waals surface area contributed by atoms with Gasteiger partial charge in [-0.3, -0.25) is 9.48 Å². The van der Waals surface area contributed by atoms with Gasteiger partial charge in [-0.1, -0.05) is 6.07 Å². The Bertz CT molecular complexity index is 1260. The number of amides is 1. The molecule has 3 heterocycles. The summed E-state index contributed by atoms with van der Waals surface area (Å²) in [6, 6.07) is 12.4. The van der Waals surface area contributed by atoms with Crippen LogP contribution in [0.1, 0.15) is 18.9 Å². The summed E-state index contributed by atoms with van der Waals surface area (Å²) in [6.07, 6.45) is 4.13. The number of nitrogens with zero attached hydrogens (tertiary/aromatic N) is 5. The molecular formula is C24H25N7O. The van der Waals surface area contributed by atoms with Crippen molar-refractivity contribution in [2.75, 3.05) is 40.6 Å². The third-order valence-corrected chi connectivity index (χ3v) is 6.10. The fourth-order valence-corrected chi connectivity index (χ4v) is 4.53. The van der Waals surface area contributed by atoms with E-state index in [-0.39, 0.29) is 11.9 Å². The summed E-state index contributed by atoms with van der Waals surface area (Å²) in [5.41, 5.74) is 7.11. The van der Waals surface area contributed by atoms with Crippen molar-refractivity contribution in [1.82, 2.24) is 9.78 Å². The summed E-state index contributed by atoms with van der Waals surface area (Å²) >= 11 is 0. The predicted octanol–water partition coefficient (Wildman–Crippen LogP) is 3.69. The highest BCUT2D eigenvalue weighted by Crippen LogP contribution is 2.45. The zero-order valence-electron chi connectivity index (χ0n) is 18.4. The molecule has 2 N–H and O–H groups in total. The molecule has 0 saturated heterocycles. The third kappa shape index (κ3) is 3.32. The van der Waals surface area contributed by atoms with Gasteiger partial charge in [0.15, 0.2) is 0 Å². The highest BCUT2D eigenvalue weighted by atomic mass is 16.1. The molecule has 162 valence electrons. The molecular weight excluding hydrogens is 402 g/mol. The van der Waals surface area contributed by atoms with Crippen molar-refractivity contribution >= 4 is 34.3 Å². The van der Waals surface area contributed by atoms with E-state index >= 15 is 0 Å². The maximum absolute atomic E-state index is 12.2. The van der Waals surface area contributed by atoms with Gasteiger partial charge >= 0.3 is 0 Å². The van der Waals surface area contributed by atoms with Gasteiger partial charge in [0.1, 0.15) is 0 Å². The molecule has 32 heavy (non-hydrogen) atoms. The van der Waals surface area contributed by atoms with Gasteiger partial charge in [-0.15, -0.1) is 0 Å². The van der Waals surface area contributed by atoms with Crippen molar-refractivity contribution in [2.45, 2.75) is 19.4 Å². The van der Waals surface area contributed by atoms with E-state index in [1.165, 1.54) is 0 Å². The fraction of sp³-hybridized carbons (Fsp3) is 0.292. The smallest absolute Gasteiger partial charge is 0.226 e. The van der Waals surface area contributed by atoms with Crippen LogP contribution in [-0.4, -0.2) is 41.9 Å². The van der Waals surface area contributed by atoms with Gasteiger partial charge in [-0.25, -0.2) is 0 Å². The van der Waals surface area contributed by atoms with Crippen LogP contribution in [0.5, 0.6) is 0 Å². The largest absolute Gasteiger partial charge is 0.379 e. The van der Waals surface area contributed by atoms with Gasteiger partial charge in [0.25, 0.3) is 0 Å². The summed E-state index contributed by atoms with van der Waals surface area (Å²) in [6.45, 7) is 3.61. The summed E-state index contributed by atoms with van der Waals surface area (Å²) in [5.74, 6) is 0.00700. The molecule has 0 saturated carbocycles. The minimum Gasteiger partial charge on any atom is -0.379 e. The molecule has 1 amide bonds. The number of carbonyl (C=O) groups is 1. The number of para-hydroxylation sites is 1. The number of carbonyl (C=O) groups excluding carboxylic acids is 1. The summed E-state index contributed by atoms with van der Waals surface area (Å²) in [5, 5.41) is 20.7. The van der Waals surface area contributed by atoms with E-state index in [1.54, 1.807) is 10.9 Å². The molecule has 8 heteroatoms. The molecule has 3 aromatic rings. The Hall–Kier alpha value is -3.99. The first kappa shape index (κ1) is 19.9. The lowest BCUT2D eigenvalue weighted by Crippen LogP contribution is -2.37. The predicted molar refractivity (Wildman–Crippen MR) is 126 cm³/mol. The number of nitriles is 1. The number of nitrogens with one attached hydrogen (secondary N) is 2. The van der Waals surface area contributed by atoms with Gasteiger partial charge in [0.2, 0.25) is 5.91 Å². The van der Waals surface area contributed by atoms with Crippen LogP contribution in [0.25, 0.3) is 11.1 Å². The summed E-state index contributed by atoms with van der Waals surface area (Å²) in [7, 11) is 3.94. The van der Waals surface area contributed by atoms with Crippen LogP contribution >= 0.6 is 0 Å². The molecule has 5 rings (SSSR count). The molecule has 0 unspecified atom stereocenters. The van der Waals surface area contributed by atoms with Crippen LogP contribution in [0.3, 0.4) is 0 Å². The molecule has 2 aromatic carbocycles. The number of rotatable bonds is 2. The number of benzene rings is 2. The zero-order valence-corrected chi connectivity index (χ0v) is 18.4. The SMILES string of the molecule is C[C@@H]1CC(=O)Nc2cccc(N3CCN(C)c4cc(-c5cnn(C)c5)c(C#N)cc43)c2N1. The van der Waals surface area contributed by atoms with Gasteiger partial charge in [0, 0.05) is 57.0 Å². The van der Waals surface area contributed by atoms with Crippen LogP contribution in [0.15, 0.2) is 42.7 Å². The highest BCUT2D eigenvalue weighted by Gasteiger charge is 2.28. The molecule has 1 aromatic heterocycles. The number of aromatic nitrogens is 2. The van der Waals surface area contributed by atoms with Crippen molar-refractivity contribution in [2.24, 2.45) is 7.05 Å². The van der Waals surface area contributed by atoms with Crippen molar-refractivity contribution in [1.29, 1.82) is 5.26 Å². The molecule has 0 spiro atoms. The molecule has 0 radical (unpaired) electrons. The lowest BCUT2D eigenvalue weighted by atomic mass is 9.98. The van der Waals surface area contributed by atoms with E-state index in [0.29, 0.717) is 12.0 Å². The number of likely N-dealkylation sites (N-methyl/N-ethyl adjacent to an activating group) is 1. The van der Waals surface area contributed by atoms with Crippen LogP contribution < -0.4 is 20.4 Å². The maximum Gasteiger partial charge on any atom is 0.226 e. The van der Waals surface area contributed by atoms with Crippen molar-refractivity contribution in [3.63, 3.8) is 0 Å². The quantitative estimate of drug-likeness (QED) is 0.648. The first-order valence-electron chi connectivity index (χ1n) is 10.7. The standard InChI is InChI=1S/C24H25N7O/c1-15-9-23(32)28-19-5-4-6-20(24(19)27-15)31-8-7-29(2)21-11-18(16(12-25)10-22(21)31)17-13-26-30(3)14-17/h4-6,10-11,13-15,27H,7-9H2,1-3H3,(H,28,32)/t15-/m1/s1. The van der Waals surface area contributed by atoms with Crippen LogP contribution in [-0.2, 0) is 11.8 Å². The Morgan fingerprint density at radius 1 is 1.16 bits per heavy atom. The summed E-state index contributed by atoms with van der Waals surface area (Å²) in [4.78, 5) is 16.7. The van der Waals surface area contributed by atoms with E-state index < -0.39 is 0 Å². The second-order valence-electron chi connectivity index (χ2n) is 8.47. The lowest BCUT2D eigenvalue weighted by molar-refractivity contribution is -0.116. The Balaban J connectivity index is 1.66. The third-order valence-electron chi connectivity index (χ3n) is 6.10. The molecule has 2 aliphatic rings. The van der Waals surface area contributed by atoms with Gasteiger partial charge in [0.05, 0.1) is 46.3 Å². The zero-order chi connectivity index (χ0) is 22.4. The number of hydrogen-bond donors (Lipinski definition) is 2. The van der Waals surface area contributed by atoms with Gasteiger partial charge in [-0.05, 0) is 31.2 Å². The molecule has 0 fully saturated rings. The topological polar surface area (TPSA) is 89.2 Å². The highest BCUT2D eigenvalue weighted by molar-refractivity contribution is 6.01. The number of hydrogen-bond acceptors (Lipinski definition) is 6. The van der Waals surface area contributed by atoms with E-state index in [1.807, 2.05) is 38.4 Å². The summed E-state index contributed by atoms with van der Waals surface area (Å²) < 4.78 is 1.74. The normalized spacial score (nSPS) is 17.6. The Kier molecular flexibility index (Phi) is 4.74. The van der Waals surface area contributed by atoms with E-state index in [9.17, 15) is 10.1 Å². The maximum atomic E-state index is 12.2. The minimum absolute atomic E-state index is 0.00700. The van der Waals surface area contributed by atoms with Crippen LogP contribution in [0.4, 0.5) is 28.4 Å². The molecule has 8 nitrogen and oxygen atoms in total. The Morgan fingerprint density at radius 2 is 2.00 bits per heavy atom.